The molecule has 1 fully saturated rings. The molecule has 1 saturated heterocycles. The van der Waals surface area contributed by atoms with E-state index in [1.807, 2.05) is 24.3 Å². The fourth-order valence-corrected chi connectivity index (χ4v) is 3.12. The molecule has 0 saturated carbocycles. The van der Waals surface area contributed by atoms with Crippen molar-refractivity contribution < 1.29 is 9.84 Å². The molecule has 1 unspecified atom stereocenters. The van der Waals surface area contributed by atoms with Crippen molar-refractivity contribution >= 4 is 5.69 Å². The van der Waals surface area contributed by atoms with Crippen molar-refractivity contribution in [1.29, 1.82) is 0 Å². The molecule has 1 aromatic carbocycles. The predicted molar refractivity (Wildman–Crippen MR) is 87.0 cm³/mol. The number of likely N-dealkylation sites (tertiary alicyclic amines) is 1. The van der Waals surface area contributed by atoms with Crippen LogP contribution < -0.4 is 10.1 Å². The van der Waals surface area contributed by atoms with Crippen LogP contribution in [-0.4, -0.2) is 48.9 Å². The summed E-state index contributed by atoms with van der Waals surface area (Å²) in [7, 11) is 1.68. The maximum atomic E-state index is 9.96. The van der Waals surface area contributed by atoms with Crippen molar-refractivity contribution in [1.82, 2.24) is 4.90 Å². The maximum Gasteiger partial charge on any atom is 0.120 e. The van der Waals surface area contributed by atoms with Gasteiger partial charge in [0, 0.05) is 18.3 Å². The summed E-state index contributed by atoms with van der Waals surface area (Å²) in [6.45, 7) is 5.73. The first kappa shape index (κ1) is 16.1. The summed E-state index contributed by atoms with van der Waals surface area (Å²) in [5.41, 5.74) is 0.807. The molecular weight excluding hydrogens is 264 g/mol. The topological polar surface area (TPSA) is 44.7 Å². The number of nitrogens with zero attached hydrogens (tertiary/aromatic N) is 1. The lowest BCUT2D eigenvalue weighted by molar-refractivity contribution is 0.192. The van der Waals surface area contributed by atoms with E-state index < -0.39 is 0 Å². The Bertz CT molecular complexity index is 439. The minimum atomic E-state index is -0.213. The summed E-state index contributed by atoms with van der Waals surface area (Å²) < 4.78 is 5.27. The molecule has 0 bridgehead atoms. The minimum absolute atomic E-state index is 0.171. The third kappa shape index (κ3) is 4.35. The molecule has 1 atom stereocenters. The Kier molecular flexibility index (Phi) is 5.88. The molecule has 1 aliphatic heterocycles. The Morgan fingerprint density at radius 1 is 1.33 bits per heavy atom. The van der Waals surface area contributed by atoms with Crippen LogP contribution in [0.3, 0.4) is 0 Å². The van der Waals surface area contributed by atoms with E-state index in [1.165, 1.54) is 6.42 Å². The van der Waals surface area contributed by atoms with E-state index in [9.17, 15) is 5.11 Å². The van der Waals surface area contributed by atoms with E-state index in [2.05, 4.69) is 17.1 Å². The summed E-state index contributed by atoms with van der Waals surface area (Å²) in [6, 6.07) is 7.94. The van der Waals surface area contributed by atoms with E-state index >= 15 is 0 Å². The summed E-state index contributed by atoms with van der Waals surface area (Å²) in [4.78, 5) is 2.50. The Balaban J connectivity index is 2.06. The van der Waals surface area contributed by atoms with Crippen LogP contribution in [0.1, 0.15) is 32.6 Å². The quantitative estimate of drug-likeness (QED) is 0.846. The normalized spacial score (nSPS) is 23.6. The average molecular weight is 292 g/mol. The number of anilines is 1. The van der Waals surface area contributed by atoms with Crippen molar-refractivity contribution in [3.8, 4) is 5.75 Å². The summed E-state index contributed by atoms with van der Waals surface area (Å²) in [5, 5.41) is 13.5. The molecule has 1 aliphatic rings. The first-order chi connectivity index (χ1) is 10.2. The third-order valence-corrected chi connectivity index (χ3v) is 4.36. The van der Waals surface area contributed by atoms with Gasteiger partial charge in [0.1, 0.15) is 5.75 Å². The van der Waals surface area contributed by atoms with Crippen LogP contribution in [0, 0.1) is 0 Å². The second-order valence-corrected chi connectivity index (χ2v) is 5.99. The van der Waals surface area contributed by atoms with Crippen molar-refractivity contribution in [2.24, 2.45) is 0 Å². The van der Waals surface area contributed by atoms with Gasteiger partial charge in [-0.05, 0) is 50.9 Å². The van der Waals surface area contributed by atoms with Gasteiger partial charge >= 0.3 is 0 Å². The number of methoxy groups -OCH3 is 1. The van der Waals surface area contributed by atoms with E-state index in [0.717, 1.165) is 50.3 Å². The molecule has 4 heteroatoms. The highest BCUT2D eigenvalue weighted by Crippen LogP contribution is 2.28. The van der Waals surface area contributed by atoms with Gasteiger partial charge in [-0.1, -0.05) is 13.0 Å². The molecule has 21 heavy (non-hydrogen) atoms. The lowest BCUT2D eigenvalue weighted by Gasteiger charge is -2.33. The van der Waals surface area contributed by atoms with Gasteiger partial charge in [0.25, 0.3) is 0 Å². The van der Waals surface area contributed by atoms with Gasteiger partial charge in [0.15, 0.2) is 0 Å². The number of aliphatic hydroxyl groups excluding tert-OH is 1. The molecule has 118 valence electrons. The fraction of sp³-hybridized carbons (Fsp3) is 0.647. The van der Waals surface area contributed by atoms with Crippen LogP contribution in [0.25, 0.3) is 0 Å². The number of hydrogen-bond donors (Lipinski definition) is 2. The SMILES string of the molecule is CCCN1CCCC(CO)(Nc2cccc(OC)c2)CC1. The van der Waals surface area contributed by atoms with Gasteiger partial charge in [0.05, 0.1) is 19.3 Å². The Labute approximate surface area is 128 Å². The molecule has 2 N–H and O–H groups in total. The van der Waals surface area contributed by atoms with Crippen LogP contribution in [0.15, 0.2) is 24.3 Å². The number of aliphatic hydroxyl groups is 1. The lowest BCUT2D eigenvalue weighted by Crippen LogP contribution is -2.43. The molecule has 1 aromatic rings. The van der Waals surface area contributed by atoms with Gasteiger partial charge in [-0.25, -0.2) is 0 Å². The molecule has 0 amide bonds. The zero-order chi connectivity index (χ0) is 15.1. The van der Waals surface area contributed by atoms with E-state index in [-0.39, 0.29) is 12.1 Å². The summed E-state index contributed by atoms with van der Waals surface area (Å²) in [5.74, 6) is 0.842. The zero-order valence-electron chi connectivity index (χ0n) is 13.3. The molecular formula is C17H28N2O2. The molecule has 0 aromatic heterocycles. The van der Waals surface area contributed by atoms with Gasteiger partial charge in [-0.2, -0.15) is 0 Å². The average Bonchev–Trinajstić information content (AvgIpc) is 2.71. The number of nitrogens with one attached hydrogen (secondary N) is 1. The molecule has 0 spiro atoms. The first-order valence-corrected chi connectivity index (χ1v) is 7.97. The lowest BCUT2D eigenvalue weighted by atomic mass is 9.91. The van der Waals surface area contributed by atoms with Crippen molar-refractivity contribution in [2.75, 3.05) is 38.7 Å². The number of ether oxygens (including phenoxy) is 1. The van der Waals surface area contributed by atoms with Crippen LogP contribution in [0.4, 0.5) is 5.69 Å². The van der Waals surface area contributed by atoms with Gasteiger partial charge in [0.2, 0.25) is 0 Å². The standard InChI is InChI=1S/C17H28N2O2/c1-3-10-19-11-5-8-17(14-20,9-12-19)18-15-6-4-7-16(13-15)21-2/h4,6-7,13,18,20H,3,5,8-12,14H2,1-2H3. The Hall–Kier alpha value is -1.26. The molecule has 2 rings (SSSR count). The monoisotopic (exact) mass is 292 g/mol. The predicted octanol–water partition coefficient (Wildman–Crippen LogP) is 2.73. The molecule has 0 aliphatic carbocycles. The Morgan fingerprint density at radius 3 is 2.90 bits per heavy atom. The van der Waals surface area contributed by atoms with Crippen molar-refractivity contribution in [3.63, 3.8) is 0 Å². The minimum Gasteiger partial charge on any atom is -0.497 e. The summed E-state index contributed by atoms with van der Waals surface area (Å²) >= 11 is 0. The fourth-order valence-electron chi connectivity index (χ4n) is 3.12. The highest BCUT2D eigenvalue weighted by molar-refractivity contribution is 5.50. The van der Waals surface area contributed by atoms with E-state index in [0.29, 0.717) is 0 Å². The van der Waals surface area contributed by atoms with E-state index in [4.69, 9.17) is 4.74 Å². The highest BCUT2D eigenvalue weighted by Gasteiger charge is 2.31. The van der Waals surface area contributed by atoms with Crippen molar-refractivity contribution in [2.45, 2.75) is 38.1 Å². The van der Waals surface area contributed by atoms with Gasteiger partial charge < -0.3 is 20.1 Å². The van der Waals surface area contributed by atoms with Gasteiger partial charge in [-0.3, -0.25) is 0 Å². The second kappa shape index (κ2) is 7.66. The zero-order valence-corrected chi connectivity index (χ0v) is 13.3. The smallest absolute Gasteiger partial charge is 0.120 e. The number of benzene rings is 1. The van der Waals surface area contributed by atoms with Crippen LogP contribution in [0.2, 0.25) is 0 Å². The second-order valence-electron chi connectivity index (χ2n) is 5.99. The van der Waals surface area contributed by atoms with Gasteiger partial charge in [-0.15, -0.1) is 0 Å². The van der Waals surface area contributed by atoms with Crippen LogP contribution in [0.5, 0.6) is 5.75 Å². The Morgan fingerprint density at radius 2 is 2.19 bits per heavy atom. The van der Waals surface area contributed by atoms with Crippen LogP contribution in [-0.2, 0) is 0 Å². The largest absolute Gasteiger partial charge is 0.497 e. The highest BCUT2D eigenvalue weighted by atomic mass is 16.5. The molecule has 4 nitrogen and oxygen atoms in total. The molecule has 1 heterocycles. The summed E-state index contributed by atoms with van der Waals surface area (Å²) in [6.07, 6.45) is 4.29. The maximum absolute atomic E-state index is 9.96. The molecule has 0 radical (unpaired) electrons. The first-order valence-electron chi connectivity index (χ1n) is 7.97. The number of rotatable bonds is 6. The number of hydrogen-bond acceptors (Lipinski definition) is 4. The van der Waals surface area contributed by atoms with Crippen LogP contribution >= 0.6 is 0 Å². The van der Waals surface area contributed by atoms with E-state index in [1.54, 1.807) is 7.11 Å². The third-order valence-electron chi connectivity index (χ3n) is 4.36. The van der Waals surface area contributed by atoms with Crippen molar-refractivity contribution in [3.05, 3.63) is 24.3 Å².